The first-order valence-electron chi connectivity index (χ1n) is 13.1. The van der Waals surface area contributed by atoms with Gasteiger partial charge in [-0.1, -0.05) is 56.3 Å². The second kappa shape index (κ2) is 14.3. The average molecular weight is 489 g/mol. The number of esters is 1. The number of carbonyl (C=O) groups excluding carboxylic acids is 1. The summed E-state index contributed by atoms with van der Waals surface area (Å²) in [5, 5.41) is 3.57. The predicted octanol–water partition coefficient (Wildman–Crippen LogP) is 6.16. The molecular formula is C30H40N4O2. The van der Waals surface area contributed by atoms with Crippen LogP contribution in [0.3, 0.4) is 0 Å². The molecule has 36 heavy (non-hydrogen) atoms. The van der Waals surface area contributed by atoms with Crippen LogP contribution in [0.4, 0.5) is 5.69 Å². The third-order valence-corrected chi connectivity index (χ3v) is 6.69. The van der Waals surface area contributed by atoms with E-state index in [-0.39, 0.29) is 5.97 Å². The summed E-state index contributed by atoms with van der Waals surface area (Å²) in [5.41, 5.74) is 6.06. The zero-order valence-electron chi connectivity index (χ0n) is 22.2. The highest BCUT2D eigenvalue weighted by Gasteiger charge is 2.14. The molecule has 1 aromatic heterocycles. The Bertz CT molecular complexity index is 1050. The minimum atomic E-state index is -0.249. The first-order chi connectivity index (χ1) is 17.5. The van der Waals surface area contributed by atoms with Crippen LogP contribution in [0.15, 0.2) is 60.9 Å². The van der Waals surface area contributed by atoms with Crippen LogP contribution in [-0.4, -0.2) is 47.1 Å². The summed E-state index contributed by atoms with van der Waals surface area (Å²) in [4.78, 5) is 23.5. The lowest BCUT2D eigenvalue weighted by Crippen LogP contribution is -2.22. The van der Waals surface area contributed by atoms with E-state index in [0.29, 0.717) is 18.1 Å². The Morgan fingerprint density at radius 3 is 2.25 bits per heavy atom. The molecule has 1 unspecified atom stereocenters. The van der Waals surface area contributed by atoms with Crippen molar-refractivity contribution in [2.24, 2.45) is 0 Å². The van der Waals surface area contributed by atoms with Crippen LogP contribution >= 0.6 is 0 Å². The van der Waals surface area contributed by atoms with Gasteiger partial charge in [0, 0.05) is 19.0 Å². The van der Waals surface area contributed by atoms with Gasteiger partial charge in [-0.25, -0.2) is 14.8 Å². The molecule has 0 saturated carbocycles. The molecule has 0 saturated heterocycles. The van der Waals surface area contributed by atoms with Gasteiger partial charge in [0.1, 0.15) is 6.33 Å². The number of hydrogen-bond donors (Lipinski definition) is 1. The summed E-state index contributed by atoms with van der Waals surface area (Å²) in [7, 11) is 0. The Hall–Kier alpha value is -3.25. The van der Waals surface area contributed by atoms with E-state index in [1.165, 1.54) is 11.1 Å². The number of ether oxygens (including phenoxy) is 1. The predicted molar refractivity (Wildman–Crippen MR) is 146 cm³/mol. The zero-order valence-corrected chi connectivity index (χ0v) is 22.2. The summed E-state index contributed by atoms with van der Waals surface area (Å²) < 4.78 is 5.56. The van der Waals surface area contributed by atoms with Gasteiger partial charge in [-0.2, -0.15) is 0 Å². The molecule has 6 nitrogen and oxygen atoms in total. The number of aromatic nitrogens is 2. The van der Waals surface area contributed by atoms with Crippen molar-refractivity contribution in [3.05, 3.63) is 89.0 Å². The summed E-state index contributed by atoms with van der Waals surface area (Å²) in [6, 6.07) is 18.4. The van der Waals surface area contributed by atoms with Crippen LogP contribution in [0.1, 0.15) is 71.9 Å². The number of aryl methyl sites for hydroxylation is 2. The van der Waals surface area contributed by atoms with Crippen molar-refractivity contribution in [1.82, 2.24) is 14.9 Å². The normalized spacial score (nSPS) is 11.9. The Kier molecular flexibility index (Phi) is 10.9. The van der Waals surface area contributed by atoms with Gasteiger partial charge < -0.3 is 10.1 Å². The molecule has 0 aliphatic carbocycles. The van der Waals surface area contributed by atoms with Crippen LogP contribution < -0.4 is 5.32 Å². The third-order valence-electron chi connectivity index (χ3n) is 6.69. The van der Waals surface area contributed by atoms with Gasteiger partial charge >= 0.3 is 5.97 Å². The van der Waals surface area contributed by atoms with Crippen molar-refractivity contribution in [2.75, 3.05) is 31.6 Å². The van der Waals surface area contributed by atoms with E-state index in [0.717, 1.165) is 62.5 Å². The number of rotatable bonds is 14. The van der Waals surface area contributed by atoms with Crippen molar-refractivity contribution < 1.29 is 9.53 Å². The molecule has 1 atom stereocenters. The van der Waals surface area contributed by atoms with Gasteiger partial charge in [-0.3, -0.25) is 4.90 Å². The molecule has 0 fully saturated rings. The third kappa shape index (κ3) is 8.16. The molecule has 6 heteroatoms. The molecule has 0 radical (unpaired) electrons. The quantitative estimate of drug-likeness (QED) is 0.217. The highest BCUT2D eigenvalue weighted by Crippen LogP contribution is 2.24. The summed E-state index contributed by atoms with van der Waals surface area (Å²) in [5.74, 6) is 0.0972. The molecule has 2 aromatic carbocycles. The maximum Gasteiger partial charge on any atom is 0.338 e. The SMILES string of the molecule is CCN(CC)Cc1ccc(C(=O)OCCCCC(CNc2c(C)ncnc2C)c2ccccc2)cc1. The fourth-order valence-electron chi connectivity index (χ4n) is 4.38. The molecule has 0 aliphatic heterocycles. The highest BCUT2D eigenvalue weighted by molar-refractivity contribution is 5.89. The largest absolute Gasteiger partial charge is 0.462 e. The Morgan fingerprint density at radius 2 is 1.61 bits per heavy atom. The second-order valence-corrected chi connectivity index (χ2v) is 9.20. The van der Waals surface area contributed by atoms with E-state index in [1.54, 1.807) is 6.33 Å². The molecule has 3 rings (SSSR count). The molecule has 0 aliphatic rings. The van der Waals surface area contributed by atoms with Gasteiger partial charge in [0.2, 0.25) is 0 Å². The van der Waals surface area contributed by atoms with E-state index in [1.807, 2.05) is 44.2 Å². The van der Waals surface area contributed by atoms with Crippen LogP contribution in [-0.2, 0) is 11.3 Å². The Balaban J connectivity index is 1.47. The molecule has 0 spiro atoms. The van der Waals surface area contributed by atoms with Crippen molar-refractivity contribution >= 4 is 11.7 Å². The Morgan fingerprint density at radius 1 is 0.944 bits per heavy atom. The maximum absolute atomic E-state index is 12.5. The highest BCUT2D eigenvalue weighted by atomic mass is 16.5. The van der Waals surface area contributed by atoms with Gasteiger partial charge in [0.15, 0.2) is 0 Å². The second-order valence-electron chi connectivity index (χ2n) is 9.20. The number of benzene rings is 2. The Labute approximate surface area is 216 Å². The standard InChI is InChI=1S/C30H40N4O2/c1-5-34(6-2)21-25-15-17-27(18-16-25)30(35)36-19-11-10-14-28(26-12-8-7-9-13-26)20-31-29-23(3)32-22-33-24(29)4/h7-9,12-13,15-18,22,28,31H,5-6,10-11,14,19-21H2,1-4H3. The number of hydrogen-bond acceptors (Lipinski definition) is 6. The van der Waals surface area contributed by atoms with Gasteiger partial charge in [0.05, 0.1) is 29.2 Å². The van der Waals surface area contributed by atoms with Crippen LogP contribution in [0, 0.1) is 13.8 Å². The molecule has 1 N–H and O–H groups in total. The van der Waals surface area contributed by atoms with E-state index < -0.39 is 0 Å². The first-order valence-corrected chi connectivity index (χ1v) is 13.1. The van der Waals surface area contributed by atoms with E-state index in [4.69, 9.17) is 4.74 Å². The van der Waals surface area contributed by atoms with E-state index >= 15 is 0 Å². The first kappa shape index (κ1) is 27.3. The number of unbranched alkanes of at least 4 members (excludes halogenated alkanes) is 1. The lowest BCUT2D eigenvalue weighted by Gasteiger charge is -2.20. The fraction of sp³-hybridized carbons (Fsp3) is 0.433. The maximum atomic E-state index is 12.5. The minimum absolute atomic E-state index is 0.249. The van der Waals surface area contributed by atoms with E-state index in [2.05, 4.69) is 58.3 Å². The van der Waals surface area contributed by atoms with Crippen LogP contribution in [0.25, 0.3) is 0 Å². The van der Waals surface area contributed by atoms with Crippen molar-refractivity contribution in [1.29, 1.82) is 0 Å². The summed E-state index contributed by atoms with van der Waals surface area (Å²) in [6.07, 6.45) is 4.41. The number of nitrogens with zero attached hydrogens (tertiary/aromatic N) is 3. The zero-order chi connectivity index (χ0) is 25.8. The molecule has 0 bridgehead atoms. The topological polar surface area (TPSA) is 67.3 Å². The van der Waals surface area contributed by atoms with E-state index in [9.17, 15) is 4.79 Å². The monoisotopic (exact) mass is 488 g/mol. The van der Waals surface area contributed by atoms with Gasteiger partial charge in [-0.05, 0) is 69.5 Å². The molecule has 192 valence electrons. The van der Waals surface area contributed by atoms with Crippen LogP contribution in [0.5, 0.6) is 0 Å². The van der Waals surface area contributed by atoms with Crippen molar-refractivity contribution in [3.63, 3.8) is 0 Å². The molecule has 0 amide bonds. The minimum Gasteiger partial charge on any atom is -0.462 e. The van der Waals surface area contributed by atoms with Gasteiger partial charge in [0.25, 0.3) is 0 Å². The lowest BCUT2D eigenvalue weighted by atomic mass is 9.93. The number of carbonyl (C=O) groups is 1. The van der Waals surface area contributed by atoms with Crippen molar-refractivity contribution in [2.45, 2.75) is 59.4 Å². The lowest BCUT2D eigenvalue weighted by molar-refractivity contribution is 0.0497. The fourth-order valence-corrected chi connectivity index (χ4v) is 4.38. The average Bonchev–Trinajstić information content (AvgIpc) is 2.90. The molecule has 3 aromatic rings. The number of nitrogens with one attached hydrogen (secondary N) is 1. The number of anilines is 1. The molecular weight excluding hydrogens is 448 g/mol. The summed E-state index contributed by atoms with van der Waals surface area (Å²) in [6.45, 7) is 12.5. The smallest absolute Gasteiger partial charge is 0.338 e. The van der Waals surface area contributed by atoms with Gasteiger partial charge in [-0.15, -0.1) is 0 Å². The molecule has 1 heterocycles. The van der Waals surface area contributed by atoms with Crippen molar-refractivity contribution in [3.8, 4) is 0 Å². The summed E-state index contributed by atoms with van der Waals surface area (Å²) >= 11 is 0. The van der Waals surface area contributed by atoms with Crippen LogP contribution in [0.2, 0.25) is 0 Å².